The Kier molecular flexibility index (Phi) is 3.05. The van der Waals surface area contributed by atoms with Gasteiger partial charge in [0, 0.05) is 24.7 Å². The number of aromatic nitrogens is 2. The first-order chi connectivity index (χ1) is 7.66. The number of pyridine rings is 1. The third-order valence-electron chi connectivity index (χ3n) is 2.36. The third kappa shape index (κ3) is 2.30. The van der Waals surface area contributed by atoms with Crippen molar-refractivity contribution >= 4 is 17.0 Å². The van der Waals surface area contributed by atoms with E-state index >= 15 is 0 Å². The topological polar surface area (TPSA) is 46.9 Å². The van der Waals surface area contributed by atoms with E-state index in [2.05, 4.69) is 10.3 Å². The number of aryl methyl sites for hydroxylation is 1. The molecule has 0 aliphatic heterocycles. The number of anilines is 1. The molecule has 1 N–H and O–H groups in total. The summed E-state index contributed by atoms with van der Waals surface area (Å²) >= 11 is 1.58. The van der Waals surface area contributed by atoms with Gasteiger partial charge in [0.1, 0.15) is 0 Å². The molecule has 0 saturated carbocycles. The van der Waals surface area contributed by atoms with Gasteiger partial charge in [0.2, 0.25) is 5.56 Å². The van der Waals surface area contributed by atoms with Crippen LogP contribution in [0.25, 0.3) is 0 Å². The fourth-order valence-corrected chi connectivity index (χ4v) is 2.09. The normalized spacial score (nSPS) is 12.4. The van der Waals surface area contributed by atoms with Crippen molar-refractivity contribution in [2.45, 2.75) is 13.0 Å². The van der Waals surface area contributed by atoms with E-state index in [1.807, 2.05) is 17.8 Å². The van der Waals surface area contributed by atoms with Crippen LogP contribution in [0.1, 0.15) is 18.7 Å². The van der Waals surface area contributed by atoms with Gasteiger partial charge in [0.25, 0.3) is 0 Å². The molecule has 0 spiro atoms. The van der Waals surface area contributed by atoms with Gasteiger partial charge in [-0.25, -0.2) is 4.98 Å². The van der Waals surface area contributed by atoms with Crippen LogP contribution in [-0.4, -0.2) is 9.55 Å². The first-order valence-corrected chi connectivity index (χ1v) is 5.92. The van der Waals surface area contributed by atoms with E-state index in [1.165, 1.54) is 0 Å². The second-order valence-electron chi connectivity index (χ2n) is 3.65. The van der Waals surface area contributed by atoms with Crippen LogP contribution in [0.15, 0.2) is 34.0 Å². The van der Waals surface area contributed by atoms with Gasteiger partial charge in [-0.1, -0.05) is 0 Å². The van der Waals surface area contributed by atoms with E-state index in [4.69, 9.17) is 0 Å². The Hall–Kier alpha value is -1.62. The first kappa shape index (κ1) is 10.9. The lowest BCUT2D eigenvalue weighted by Crippen LogP contribution is -2.16. The fraction of sp³-hybridized carbons (Fsp3) is 0.273. The monoisotopic (exact) mass is 235 g/mol. The lowest BCUT2D eigenvalue weighted by atomic mass is 10.2. The molecule has 0 aromatic carbocycles. The maximum atomic E-state index is 11.2. The van der Waals surface area contributed by atoms with E-state index in [-0.39, 0.29) is 11.6 Å². The van der Waals surface area contributed by atoms with Crippen molar-refractivity contribution in [1.82, 2.24) is 9.55 Å². The van der Waals surface area contributed by atoms with Crippen molar-refractivity contribution in [3.05, 3.63) is 45.3 Å². The summed E-state index contributed by atoms with van der Waals surface area (Å²) in [6, 6.07) is 3.48. The molecule has 2 aromatic rings. The zero-order chi connectivity index (χ0) is 11.5. The van der Waals surface area contributed by atoms with Crippen LogP contribution in [-0.2, 0) is 7.05 Å². The Balaban J connectivity index is 2.15. The zero-order valence-corrected chi connectivity index (χ0v) is 9.99. The van der Waals surface area contributed by atoms with Gasteiger partial charge < -0.3 is 9.88 Å². The molecular formula is C11H13N3OS. The summed E-state index contributed by atoms with van der Waals surface area (Å²) in [7, 11) is 1.74. The Morgan fingerprint density at radius 3 is 2.94 bits per heavy atom. The summed E-state index contributed by atoms with van der Waals surface area (Å²) in [6.45, 7) is 2.04. The number of rotatable bonds is 3. The largest absolute Gasteiger partial charge is 0.376 e. The predicted octanol–water partition coefficient (Wildman–Crippen LogP) is 2.01. The van der Waals surface area contributed by atoms with Gasteiger partial charge in [0.05, 0.1) is 22.9 Å². The minimum absolute atomic E-state index is 0.00754. The summed E-state index contributed by atoms with van der Waals surface area (Å²) in [5.41, 5.74) is 3.74. The van der Waals surface area contributed by atoms with Gasteiger partial charge in [-0.05, 0) is 13.0 Å². The molecule has 2 heterocycles. The minimum Gasteiger partial charge on any atom is -0.376 e. The van der Waals surface area contributed by atoms with Crippen molar-refractivity contribution in [3.63, 3.8) is 0 Å². The SMILES string of the molecule is CC(Nc1ccc(=O)n(C)c1)c1cscn1. The van der Waals surface area contributed by atoms with Crippen molar-refractivity contribution in [1.29, 1.82) is 0 Å². The molecule has 0 amide bonds. The molecule has 0 radical (unpaired) electrons. The number of hydrogen-bond acceptors (Lipinski definition) is 4. The van der Waals surface area contributed by atoms with Crippen LogP contribution in [0.5, 0.6) is 0 Å². The minimum atomic E-state index is -0.00754. The second-order valence-corrected chi connectivity index (χ2v) is 4.36. The molecule has 0 aliphatic carbocycles. The van der Waals surface area contributed by atoms with Crippen molar-refractivity contribution < 1.29 is 0 Å². The van der Waals surface area contributed by atoms with Crippen molar-refractivity contribution in [2.24, 2.45) is 7.05 Å². The molecule has 1 unspecified atom stereocenters. The molecule has 5 heteroatoms. The molecule has 1 atom stereocenters. The molecule has 0 bridgehead atoms. The highest BCUT2D eigenvalue weighted by atomic mass is 32.1. The average molecular weight is 235 g/mol. The molecule has 2 aromatic heterocycles. The standard InChI is InChI=1S/C11H13N3OS/c1-8(10-6-16-7-12-10)13-9-3-4-11(15)14(2)5-9/h3-8,13H,1-2H3. The Labute approximate surface area is 97.6 Å². The Morgan fingerprint density at radius 2 is 2.31 bits per heavy atom. The molecule has 0 saturated heterocycles. The zero-order valence-electron chi connectivity index (χ0n) is 9.18. The summed E-state index contributed by atoms with van der Waals surface area (Å²) in [5, 5.41) is 5.31. The van der Waals surface area contributed by atoms with Crippen LogP contribution in [0.2, 0.25) is 0 Å². The highest BCUT2D eigenvalue weighted by Gasteiger charge is 2.07. The highest BCUT2D eigenvalue weighted by Crippen LogP contribution is 2.17. The van der Waals surface area contributed by atoms with Crippen molar-refractivity contribution in [3.8, 4) is 0 Å². The molecule has 0 aliphatic rings. The third-order valence-corrected chi connectivity index (χ3v) is 2.97. The summed E-state index contributed by atoms with van der Waals surface area (Å²) < 4.78 is 1.55. The van der Waals surface area contributed by atoms with Crippen molar-refractivity contribution in [2.75, 3.05) is 5.32 Å². The quantitative estimate of drug-likeness (QED) is 0.885. The fourth-order valence-electron chi connectivity index (χ4n) is 1.44. The maximum absolute atomic E-state index is 11.2. The van der Waals surface area contributed by atoms with Crippen LogP contribution < -0.4 is 10.9 Å². The molecular weight excluding hydrogens is 222 g/mol. The highest BCUT2D eigenvalue weighted by molar-refractivity contribution is 7.07. The Bertz CT molecular complexity index is 518. The summed E-state index contributed by atoms with van der Waals surface area (Å²) in [5.74, 6) is 0. The number of thiazole rings is 1. The van der Waals surface area contributed by atoms with E-state index in [9.17, 15) is 4.79 Å². The van der Waals surface area contributed by atoms with Crippen LogP contribution >= 0.6 is 11.3 Å². The summed E-state index contributed by atoms with van der Waals surface area (Å²) in [4.78, 5) is 15.4. The van der Waals surface area contributed by atoms with E-state index < -0.39 is 0 Å². The second kappa shape index (κ2) is 4.49. The van der Waals surface area contributed by atoms with Gasteiger partial charge in [-0.2, -0.15) is 0 Å². The van der Waals surface area contributed by atoms with Gasteiger partial charge in [-0.15, -0.1) is 11.3 Å². The lowest BCUT2D eigenvalue weighted by Gasteiger charge is -2.13. The van der Waals surface area contributed by atoms with E-state index in [0.29, 0.717) is 0 Å². The van der Waals surface area contributed by atoms with Gasteiger partial charge in [0.15, 0.2) is 0 Å². The van der Waals surface area contributed by atoms with Crippen LogP contribution in [0.4, 0.5) is 5.69 Å². The van der Waals surface area contributed by atoms with E-state index in [1.54, 1.807) is 41.3 Å². The Morgan fingerprint density at radius 1 is 1.50 bits per heavy atom. The molecule has 4 nitrogen and oxygen atoms in total. The smallest absolute Gasteiger partial charge is 0.250 e. The maximum Gasteiger partial charge on any atom is 0.250 e. The predicted molar refractivity (Wildman–Crippen MR) is 65.8 cm³/mol. The first-order valence-electron chi connectivity index (χ1n) is 4.98. The summed E-state index contributed by atoms with van der Waals surface area (Å²) in [6.07, 6.45) is 1.78. The molecule has 2 rings (SSSR count). The van der Waals surface area contributed by atoms with Gasteiger partial charge in [-0.3, -0.25) is 4.79 Å². The number of nitrogens with one attached hydrogen (secondary N) is 1. The molecule has 0 fully saturated rings. The van der Waals surface area contributed by atoms with Crippen LogP contribution in [0.3, 0.4) is 0 Å². The van der Waals surface area contributed by atoms with E-state index in [0.717, 1.165) is 11.4 Å². The van der Waals surface area contributed by atoms with Gasteiger partial charge >= 0.3 is 0 Å². The number of hydrogen-bond donors (Lipinski definition) is 1. The molecule has 16 heavy (non-hydrogen) atoms. The number of nitrogens with zero attached hydrogens (tertiary/aromatic N) is 2. The lowest BCUT2D eigenvalue weighted by molar-refractivity contribution is 0.826. The molecule has 84 valence electrons. The van der Waals surface area contributed by atoms with Crippen LogP contribution in [0, 0.1) is 0 Å². The average Bonchev–Trinajstić information content (AvgIpc) is 2.77.